The number of anilines is 2. The topological polar surface area (TPSA) is 91.8 Å². The van der Waals surface area contributed by atoms with Crippen molar-refractivity contribution in [2.24, 2.45) is 0 Å². The number of rotatable bonds is 5. The molecule has 8 heteroatoms. The van der Waals surface area contributed by atoms with E-state index in [1.165, 1.54) is 25.1 Å². The predicted octanol–water partition coefficient (Wildman–Crippen LogP) is 5.32. The van der Waals surface area contributed by atoms with Gasteiger partial charge >= 0.3 is 5.97 Å². The van der Waals surface area contributed by atoms with Gasteiger partial charge in [-0.25, -0.2) is 4.79 Å². The van der Waals surface area contributed by atoms with E-state index in [-0.39, 0.29) is 5.56 Å². The van der Waals surface area contributed by atoms with Crippen LogP contribution in [0.25, 0.3) is 28.0 Å². The summed E-state index contributed by atoms with van der Waals surface area (Å²) in [5, 5.41) is 9.65. The quantitative estimate of drug-likeness (QED) is 0.398. The van der Waals surface area contributed by atoms with Crippen LogP contribution in [0.3, 0.4) is 0 Å². The van der Waals surface area contributed by atoms with E-state index in [4.69, 9.17) is 9.40 Å². The second-order valence-electron chi connectivity index (χ2n) is 10.2. The highest BCUT2D eigenvalue weighted by atomic mass is 16.4. The highest BCUT2D eigenvalue weighted by molar-refractivity contribution is 5.88. The number of aromatic carboxylic acids is 1. The lowest BCUT2D eigenvalue weighted by Gasteiger charge is -2.23. The van der Waals surface area contributed by atoms with E-state index in [1.54, 1.807) is 4.57 Å². The first-order valence-corrected chi connectivity index (χ1v) is 12.9. The molecule has 2 saturated heterocycles. The number of pyridine rings is 1. The zero-order valence-electron chi connectivity index (χ0n) is 21.1. The van der Waals surface area contributed by atoms with E-state index >= 15 is 0 Å². The Hall–Kier alpha value is -4.07. The molecule has 1 N–H and O–H groups in total. The van der Waals surface area contributed by atoms with Gasteiger partial charge in [-0.2, -0.15) is 4.98 Å². The molecular formula is C29H30N4O4. The molecule has 0 radical (unpaired) electrons. The van der Waals surface area contributed by atoms with Crippen LogP contribution in [0.4, 0.5) is 11.7 Å². The average Bonchev–Trinajstić information content (AvgIpc) is 3.63. The highest BCUT2D eigenvalue weighted by Gasteiger charge is 2.31. The van der Waals surface area contributed by atoms with E-state index in [1.807, 2.05) is 30.3 Å². The highest BCUT2D eigenvalue weighted by Crippen LogP contribution is 2.33. The smallest absolute Gasteiger partial charge is 0.341 e. The summed E-state index contributed by atoms with van der Waals surface area (Å²) in [6.07, 6.45) is 5.98. The molecule has 2 unspecified atom stereocenters. The number of fused-ring (bicyclic) bond motifs is 1. The van der Waals surface area contributed by atoms with E-state index in [9.17, 15) is 14.7 Å². The van der Waals surface area contributed by atoms with Crippen LogP contribution in [-0.4, -0.2) is 45.8 Å². The van der Waals surface area contributed by atoms with Crippen LogP contribution in [0.2, 0.25) is 0 Å². The summed E-state index contributed by atoms with van der Waals surface area (Å²) in [5.41, 5.74) is 3.83. The van der Waals surface area contributed by atoms with Gasteiger partial charge in [-0.05, 0) is 69.4 Å². The van der Waals surface area contributed by atoms with Gasteiger partial charge in [0.25, 0.3) is 6.01 Å². The lowest BCUT2D eigenvalue weighted by atomic mass is 10.1. The Balaban J connectivity index is 1.44. The molecule has 0 saturated carbocycles. The summed E-state index contributed by atoms with van der Waals surface area (Å²) in [6, 6.07) is 16.4. The molecular weight excluding hydrogens is 468 g/mol. The molecule has 2 aliphatic rings. The van der Waals surface area contributed by atoms with Crippen molar-refractivity contribution in [2.75, 3.05) is 22.9 Å². The van der Waals surface area contributed by atoms with Crippen LogP contribution in [0.15, 0.2) is 63.9 Å². The largest absolute Gasteiger partial charge is 0.477 e. The third kappa shape index (κ3) is 4.16. The predicted molar refractivity (Wildman–Crippen MR) is 144 cm³/mol. The second kappa shape index (κ2) is 9.10. The minimum absolute atomic E-state index is 0.282. The minimum Gasteiger partial charge on any atom is -0.477 e. The summed E-state index contributed by atoms with van der Waals surface area (Å²) >= 11 is 0. The van der Waals surface area contributed by atoms with E-state index < -0.39 is 11.4 Å². The fraction of sp³-hybridized carbons (Fsp3) is 0.345. The maximum Gasteiger partial charge on any atom is 0.341 e. The number of benzene rings is 2. The third-order valence-electron chi connectivity index (χ3n) is 7.73. The van der Waals surface area contributed by atoms with Gasteiger partial charge in [-0.3, -0.25) is 4.79 Å². The van der Waals surface area contributed by atoms with Crippen molar-refractivity contribution in [3.05, 3.63) is 70.5 Å². The molecule has 2 fully saturated rings. The zero-order chi connectivity index (χ0) is 25.7. The first kappa shape index (κ1) is 23.3. The molecule has 0 spiro atoms. The summed E-state index contributed by atoms with van der Waals surface area (Å²) in [5.74, 6) is -1.25. The van der Waals surface area contributed by atoms with Crippen molar-refractivity contribution in [3.63, 3.8) is 0 Å². The van der Waals surface area contributed by atoms with Gasteiger partial charge in [0.2, 0.25) is 0 Å². The minimum atomic E-state index is -1.25. The fourth-order valence-corrected chi connectivity index (χ4v) is 5.68. The molecule has 4 heterocycles. The first-order chi connectivity index (χ1) is 17.9. The summed E-state index contributed by atoms with van der Waals surface area (Å²) < 4.78 is 7.94. The van der Waals surface area contributed by atoms with Crippen LogP contribution in [0.5, 0.6) is 0 Å². The van der Waals surface area contributed by atoms with Crippen molar-refractivity contribution in [2.45, 2.75) is 51.6 Å². The molecule has 4 aromatic rings. The number of carboxylic acids is 1. The van der Waals surface area contributed by atoms with Gasteiger partial charge in [0, 0.05) is 54.9 Å². The summed E-state index contributed by atoms with van der Waals surface area (Å²) in [6.45, 7) is 6.45. The van der Waals surface area contributed by atoms with Gasteiger partial charge in [-0.1, -0.05) is 12.1 Å². The molecule has 2 atom stereocenters. The maximum atomic E-state index is 12.7. The normalized spacial score (nSPS) is 19.7. The first-order valence-electron chi connectivity index (χ1n) is 12.9. The van der Waals surface area contributed by atoms with Crippen LogP contribution < -0.4 is 15.2 Å². The Morgan fingerprint density at radius 2 is 1.65 bits per heavy atom. The second-order valence-corrected chi connectivity index (χ2v) is 10.2. The lowest BCUT2D eigenvalue weighted by Crippen LogP contribution is -2.32. The van der Waals surface area contributed by atoms with E-state index in [2.05, 4.69) is 35.8 Å². The molecule has 37 heavy (non-hydrogen) atoms. The molecule has 8 nitrogen and oxygen atoms in total. The molecule has 0 bridgehead atoms. The molecule has 0 aliphatic carbocycles. The number of carbonyl (C=O) groups is 1. The van der Waals surface area contributed by atoms with Crippen LogP contribution in [0, 0.1) is 0 Å². The Morgan fingerprint density at radius 1 is 0.973 bits per heavy atom. The number of hydrogen-bond acceptors (Lipinski definition) is 6. The Bertz CT molecular complexity index is 1520. The van der Waals surface area contributed by atoms with Crippen LogP contribution in [0.1, 0.15) is 49.9 Å². The van der Waals surface area contributed by atoms with Gasteiger partial charge in [-0.15, -0.1) is 0 Å². The van der Waals surface area contributed by atoms with Gasteiger partial charge < -0.3 is 23.9 Å². The van der Waals surface area contributed by atoms with Crippen molar-refractivity contribution in [1.29, 1.82) is 0 Å². The molecule has 0 amide bonds. The third-order valence-corrected chi connectivity index (χ3v) is 7.73. The van der Waals surface area contributed by atoms with E-state index in [0.29, 0.717) is 35.1 Å². The maximum absolute atomic E-state index is 12.7. The molecule has 2 aromatic carbocycles. The van der Waals surface area contributed by atoms with Crippen molar-refractivity contribution in [1.82, 2.24) is 9.55 Å². The Labute approximate surface area is 214 Å². The number of aromatic nitrogens is 2. The number of nitrogens with zero attached hydrogens (tertiary/aromatic N) is 4. The number of carboxylic acid groups (broad SMARTS) is 1. The van der Waals surface area contributed by atoms with Crippen molar-refractivity contribution in [3.8, 4) is 16.9 Å². The van der Waals surface area contributed by atoms with Gasteiger partial charge in [0.15, 0.2) is 11.0 Å². The SMILES string of the molecule is CC1CCC(C)N1c1nc2ccc(-n3cc(C(=O)O)c(=O)cc3-c3ccc(N4CCCC4)cc3)cc2o1. The number of oxazole rings is 1. The molecule has 2 aliphatic heterocycles. The van der Waals surface area contributed by atoms with E-state index in [0.717, 1.165) is 42.7 Å². The Kier molecular flexibility index (Phi) is 5.74. The monoisotopic (exact) mass is 498 g/mol. The fourth-order valence-electron chi connectivity index (χ4n) is 5.68. The zero-order valence-corrected chi connectivity index (χ0v) is 21.1. The molecule has 2 aromatic heterocycles. The van der Waals surface area contributed by atoms with Crippen LogP contribution >= 0.6 is 0 Å². The average molecular weight is 499 g/mol. The summed E-state index contributed by atoms with van der Waals surface area (Å²) in [7, 11) is 0. The van der Waals surface area contributed by atoms with Crippen molar-refractivity contribution >= 4 is 28.8 Å². The van der Waals surface area contributed by atoms with Gasteiger partial charge in [0.1, 0.15) is 11.1 Å². The molecule has 6 rings (SSSR count). The van der Waals surface area contributed by atoms with Crippen molar-refractivity contribution < 1.29 is 14.3 Å². The molecule has 190 valence electrons. The van der Waals surface area contributed by atoms with Gasteiger partial charge in [0.05, 0.1) is 5.69 Å². The standard InChI is InChI=1S/C29H30N4O4/c1-18-5-6-19(2)33(18)29-30-24-12-11-22(15-27(24)37-29)32-17-23(28(35)36)26(34)16-25(32)20-7-9-21(10-8-20)31-13-3-4-14-31/h7-12,15-19H,3-6,13-14H2,1-2H3,(H,35,36). The Morgan fingerprint density at radius 3 is 2.32 bits per heavy atom. The lowest BCUT2D eigenvalue weighted by molar-refractivity contribution is 0.0695. The summed E-state index contributed by atoms with van der Waals surface area (Å²) in [4.78, 5) is 33.8. The van der Waals surface area contributed by atoms with Crippen LogP contribution in [-0.2, 0) is 0 Å². The number of hydrogen-bond donors (Lipinski definition) is 1.